The molecule has 1 aromatic carbocycles. The van der Waals surface area contributed by atoms with Crippen molar-refractivity contribution in [2.24, 2.45) is 5.73 Å². The van der Waals surface area contributed by atoms with Crippen LogP contribution in [0.2, 0.25) is 0 Å². The Labute approximate surface area is 111 Å². The molecule has 0 saturated heterocycles. The predicted octanol–water partition coefficient (Wildman–Crippen LogP) is 1.68. The van der Waals surface area contributed by atoms with Gasteiger partial charge in [-0.15, -0.1) is 0 Å². The van der Waals surface area contributed by atoms with Crippen LogP contribution in [0.3, 0.4) is 0 Å². The Morgan fingerprint density at radius 2 is 2.11 bits per heavy atom. The Bertz CT molecular complexity index is 593. The average Bonchev–Trinajstić information content (AvgIpc) is 2.38. The Hall–Kier alpha value is -2.56. The number of carbonyl (C=O) groups is 1. The van der Waals surface area contributed by atoms with Gasteiger partial charge in [0.2, 0.25) is 0 Å². The molecule has 0 fully saturated rings. The monoisotopic (exact) mass is 256 g/mol. The number of nitrogens with zero attached hydrogens (tertiary/aromatic N) is 1. The molecule has 5 N–H and O–H groups in total. The van der Waals surface area contributed by atoms with Crippen LogP contribution in [0.15, 0.2) is 36.5 Å². The molecule has 0 unspecified atom stereocenters. The number of amides is 1. The Morgan fingerprint density at radius 3 is 2.74 bits per heavy atom. The standard InChI is InChI=1S/C14H16N4O/c1-9-2-3-10(7-17-9)8-18-13-6-11(15)4-5-12(13)14(16)19/h2-7,18H,8,15H2,1H3,(H2,16,19). The number of nitrogen functional groups attached to an aromatic ring is 1. The summed E-state index contributed by atoms with van der Waals surface area (Å²) in [5.41, 5.74) is 14.6. The van der Waals surface area contributed by atoms with Gasteiger partial charge in [-0.3, -0.25) is 9.78 Å². The fourth-order valence-electron chi connectivity index (χ4n) is 1.72. The number of carbonyl (C=O) groups excluding carboxylic acids is 1. The highest BCUT2D eigenvalue weighted by atomic mass is 16.1. The maximum atomic E-state index is 11.3. The van der Waals surface area contributed by atoms with Crippen molar-refractivity contribution in [2.45, 2.75) is 13.5 Å². The molecule has 0 spiro atoms. The fourth-order valence-corrected chi connectivity index (χ4v) is 1.72. The summed E-state index contributed by atoms with van der Waals surface area (Å²) in [6.07, 6.45) is 1.79. The van der Waals surface area contributed by atoms with Gasteiger partial charge in [0.1, 0.15) is 0 Å². The molecule has 1 amide bonds. The number of hydrogen-bond acceptors (Lipinski definition) is 4. The zero-order valence-electron chi connectivity index (χ0n) is 10.7. The fraction of sp³-hybridized carbons (Fsp3) is 0.143. The Balaban J connectivity index is 2.16. The number of rotatable bonds is 4. The van der Waals surface area contributed by atoms with Gasteiger partial charge in [0.05, 0.1) is 5.56 Å². The molecule has 0 aliphatic rings. The number of benzene rings is 1. The van der Waals surface area contributed by atoms with Gasteiger partial charge in [-0.1, -0.05) is 6.07 Å². The minimum absolute atomic E-state index is 0.425. The van der Waals surface area contributed by atoms with Crippen LogP contribution in [0.5, 0.6) is 0 Å². The van der Waals surface area contributed by atoms with Gasteiger partial charge in [0.15, 0.2) is 0 Å². The second kappa shape index (κ2) is 5.39. The highest BCUT2D eigenvalue weighted by Gasteiger charge is 2.08. The minimum Gasteiger partial charge on any atom is -0.399 e. The third-order valence-corrected chi connectivity index (χ3v) is 2.76. The van der Waals surface area contributed by atoms with Gasteiger partial charge in [-0.2, -0.15) is 0 Å². The molecule has 0 aliphatic heterocycles. The molecule has 1 heterocycles. The van der Waals surface area contributed by atoms with E-state index in [2.05, 4.69) is 10.3 Å². The lowest BCUT2D eigenvalue weighted by molar-refractivity contribution is 0.100. The van der Waals surface area contributed by atoms with Crippen LogP contribution < -0.4 is 16.8 Å². The molecule has 1 aromatic heterocycles. The summed E-state index contributed by atoms with van der Waals surface area (Å²) in [6, 6.07) is 8.88. The van der Waals surface area contributed by atoms with Gasteiger partial charge >= 0.3 is 0 Å². The first-order valence-electron chi connectivity index (χ1n) is 5.91. The molecule has 5 heteroatoms. The third-order valence-electron chi connectivity index (χ3n) is 2.76. The van der Waals surface area contributed by atoms with Crippen LogP contribution in [-0.4, -0.2) is 10.9 Å². The molecule has 5 nitrogen and oxygen atoms in total. The van der Waals surface area contributed by atoms with Gasteiger partial charge in [0, 0.05) is 29.8 Å². The van der Waals surface area contributed by atoms with Crippen LogP contribution in [0.1, 0.15) is 21.6 Å². The zero-order chi connectivity index (χ0) is 13.8. The number of hydrogen-bond donors (Lipinski definition) is 3. The molecular formula is C14H16N4O. The van der Waals surface area contributed by atoms with E-state index in [1.165, 1.54) is 0 Å². The first kappa shape index (κ1) is 12.9. The summed E-state index contributed by atoms with van der Waals surface area (Å²) >= 11 is 0. The maximum Gasteiger partial charge on any atom is 0.250 e. The third kappa shape index (κ3) is 3.22. The second-order valence-corrected chi connectivity index (χ2v) is 4.33. The highest BCUT2D eigenvalue weighted by molar-refractivity contribution is 5.99. The van der Waals surface area contributed by atoms with E-state index in [0.717, 1.165) is 11.3 Å². The first-order chi connectivity index (χ1) is 9.06. The smallest absolute Gasteiger partial charge is 0.250 e. The van der Waals surface area contributed by atoms with Crippen LogP contribution in [0.4, 0.5) is 11.4 Å². The van der Waals surface area contributed by atoms with Gasteiger partial charge in [0.25, 0.3) is 5.91 Å². The van der Waals surface area contributed by atoms with E-state index in [1.807, 2.05) is 19.1 Å². The van der Waals surface area contributed by atoms with Crippen molar-refractivity contribution < 1.29 is 4.79 Å². The van der Waals surface area contributed by atoms with Crippen molar-refractivity contribution in [3.05, 3.63) is 53.3 Å². The quantitative estimate of drug-likeness (QED) is 0.725. The number of aryl methyl sites for hydroxylation is 1. The molecular weight excluding hydrogens is 240 g/mol. The van der Waals surface area contributed by atoms with Gasteiger partial charge < -0.3 is 16.8 Å². The van der Waals surface area contributed by atoms with Crippen molar-refractivity contribution in [3.63, 3.8) is 0 Å². The van der Waals surface area contributed by atoms with Crippen LogP contribution in [-0.2, 0) is 6.54 Å². The minimum atomic E-state index is -0.482. The number of primary amides is 1. The molecule has 0 atom stereocenters. The SMILES string of the molecule is Cc1ccc(CNc2cc(N)ccc2C(N)=O)cn1. The summed E-state index contributed by atoms with van der Waals surface area (Å²) < 4.78 is 0. The van der Waals surface area contributed by atoms with E-state index < -0.39 is 5.91 Å². The van der Waals surface area contributed by atoms with Crippen molar-refractivity contribution in [3.8, 4) is 0 Å². The lowest BCUT2D eigenvalue weighted by Crippen LogP contribution is -2.14. The molecule has 19 heavy (non-hydrogen) atoms. The predicted molar refractivity (Wildman–Crippen MR) is 75.7 cm³/mol. The van der Waals surface area contributed by atoms with E-state index in [0.29, 0.717) is 23.5 Å². The van der Waals surface area contributed by atoms with Crippen molar-refractivity contribution in [1.29, 1.82) is 0 Å². The number of anilines is 2. The van der Waals surface area contributed by atoms with E-state index in [1.54, 1.807) is 24.4 Å². The topological polar surface area (TPSA) is 94.0 Å². The summed E-state index contributed by atoms with van der Waals surface area (Å²) in [6.45, 7) is 2.48. The van der Waals surface area contributed by atoms with Crippen molar-refractivity contribution in [1.82, 2.24) is 4.98 Å². The summed E-state index contributed by atoms with van der Waals surface area (Å²) in [4.78, 5) is 15.5. The molecule has 98 valence electrons. The first-order valence-corrected chi connectivity index (χ1v) is 5.91. The zero-order valence-corrected chi connectivity index (χ0v) is 10.7. The maximum absolute atomic E-state index is 11.3. The summed E-state index contributed by atoms with van der Waals surface area (Å²) in [5.74, 6) is -0.482. The normalized spacial score (nSPS) is 10.2. The largest absolute Gasteiger partial charge is 0.399 e. The van der Waals surface area contributed by atoms with Crippen LogP contribution >= 0.6 is 0 Å². The van der Waals surface area contributed by atoms with Crippen molar-refractivity contribution in [2.75, 3.05) is 11.1 Å². The van der Waals surface area contributed by atoms with Crippen LogP contribution in [0.25, 0.3) is 0 Å². The lowest BCUT2D eigenvalue weighted by Gasteiger charge is -2.11. The number of nitrogens with one attached hydrogen (secondary N) is 1. The van der Waals surface area contributed by atoms with Crippen LogP contribution in [0, 0.1) is 6.92 Å². The van der Waals surface area contributed by atoms with E-state index in [9.17, 15) is 4.79 Å². The molecule has 0 aliphatic carbocycles. The number of pyridine rings is 1. The lowest BCUT2D eigenvalue weighted by atomic mass is 10.1. The molecule has 0 radical (unpaired) electrons. The second-order valence-electron chi connectivity index (χ2n) is 4.33. The van der Waals surface area contributed by atoms with E-state index in [-0.39, 0.29) is 0 Å². The molecule has 0 saturated carbocycles. The van der Waals surface area contributed by atoms with E-state index >= 15 is 0 Å². The molecule has 2 aromatic rings. The highest BCUT2D eigenvalue weighted by Crippen LogP contribution is 2.19. The van der Waals surface area contributed by atoms with Gasteiger partial charge in [-0.25, -0.2) is 0 Å². The molecule has 0 bridgehead atoms. The molecule has 2 rings (SSSR count). The van der Waals surface area contributed by atoms with E-state index in [4.69, 9.17) is 11.5 Å². The Kier molecular flexibility index (Phi) is 3.66. The Morgan fingerprint density at radius 1 is 1.32 bits per heavy atom. The van der Waals surface area contributed by atoms with Gasteiger partial charge in [-0.05, 0) is 36.8 Å². The number of nitrogens with two attached hydrogens (primary N) is 2. The average molecular weight is 256 g/mol. The number of aromatic nitrogens is 1. The summed E-state index contributed by atoms with van der Waals surface area (Å²) in [7, 11) is 0. The summed E-state index contributed by atoms with van der Waals surface area (Å²) in [5, 5.41) is 3.15. The van der Waals surface area contributed by atoms with Crippen molar-refractivity contribution >= 4 is 17.3 Å².